The van der Waals surface area contributed by atoms with E-state index in [1.165, 1.54) is 17.5 Å². The van der Waals surface area contributed by atoms with Gasteiger partial charge in [0.1, 0.15) is 11.5 Å². The number of hydrogen-bond acceptors (Lipinski definition) is 7. The molecule has 2 aromatic carbocycles. The van der Waals surface area contributed by atoms with Crippen LogP contribution in [-0.4, -0.2) is 29.3 Å². The van der Waals surface area contributed by atoms with Gasteiger partial charge in [0.2, 0.25) is 5.82 Å². The monoisotopic (exact) mass is 394 g/mol. The summed E-state index contributed by atoms with van der Waals surface area (Å²) in [6.07, 6.45) is 3.34. The van der Waals surface area contributed by atoms with E-state index in [9.17, 15) is 4.79 Å². The Bertz CT molecular complexity index is 998. The van der Waals surface area contributed by atoms with Crippen LogP contribution >= 0.6 is 0 Å². The summed E-state index contributed by atoms with van der Waals surface area (Å²) in [4.78, 5) is 16.3. The molecule has 1 aliphatic rings. The van der Waals surface area contributed by atoms with E-state index in [0.29, 0.717) is 23.9 Å². The molecule has 0 radical (unpaired) electrons. The molecule has 7 nitrogen and oxygen atoms in total. The highest BCUT2D eigenvalue weighted by molar-refractivity contribution is 5.71. The summed E-state index contributed by atoms with van der Waals surface area (Å²) in [6, 6.07) is 13.4. The average Bonchev–Trinajstić information content (AvgIpc) is 3.40. The van der Waals surface area contributed by atoms with Crippen LogP contribution in [0.5, 0.6) is 11.5 Å². The number of aryl methyl sites for hydroxylation is 2. The number of benzene rings is 2. The van der Waals surface area contributed by atoms with Crippen molar-refractivity contribution < 1.29 is 23.5 Å². The Hall–Kier alpha value is -3.35. The second-order valence-corrected chi connectivity index (χ2v) is 6.67. The molecule has 0 bridgehead atoms. The van der Waals surface area contributed by atoms with Crippen molar-refractivity contribution in [3.05, 3.63) is 59.5 Å². The Balaban J connectivity index is 1.30. The molecule has 0 atom stereocenters. The number of para-hydroxylation sites is 1. The van der Waals surface area contributed by atoms with E-state index < -0.39 is 5.97 Å². The Morgan fingerprint density at radius 3 is 2.86 bits per heavy atom. The number of fused-ring (bicyclic) bond motifs is 1. The van der Waals surface area contributed by atoms with Gasteiger partial charge >= 0.3 is 5.97 Å². The molecule has 0 saturated carbocycles. The first-order valence-corrected chi connectivity index (χ1v) is 9.68. The highest BCUT2D eigenvalue weighted by Crippen LogP contribution is 2.28. The molecule has 4 rings (SSSR count). The smallest absolute Gasteiger partial charge is 0.344 e. The standard InChI is InChI=1S/C22H22N2O5/c1-2-26-19-9-4-3-8-18(19)22-23-20(29-24-22)13-28-21(25)14-27-17-11-10-15-6-5-7-16(15)12-17/h3-4,8-12H,2,5-7,13-14H2,1H3. The van der Waals surface area contributed by atoms with E-state index in [4.69, 9.17) is 18.7 Å². The Morgan fingerprint density at radius 1 is 1.10 bits per heavy atom. The van der Waals surface area contributed by atoms with Gasteiger partial charge in [0.05, 0.1) is 12.2 Å². The zero-order valence-corrected chi connectivity index (χ0v) is 16.2. The van der Waals surface area contributed by atoms with Crippen LogP contribution in [0.25, 0.3) is 11.4 Å². The first-order valence-electron chi connectivity index (χ1n) is 9.68. The van der Waals surface area contributed by atoms with Gasteiger partial charge in [-0.05, 0) is 61.6 Å². The lowest BCUT2D eigenvalue weighted by Gasteiger charge is -2.07. The van der Waals surface area contributed by atoms with Crippen molar-refractivity contribution in [2.24, 2.45) is 0 Å². The topological polar surface area (TPSA) is 83.7 Å². The fourth-order valence-electron chi connectivity index (χ4n) is 3.32. The molecule has 150 valence electrons. The zero-order valence-electron chi connectivity index (χ0n) is 16.2. The number of rotatable bonds is 8. The van der Waals surface area contributed by atoms with Crippen LogP contribution in [0.15, 0.2) is 47.0 Å². The van der Waals surface area contributed by atoms with Crippen molar-refractivity contribution in [3.8, 4) is 22.9 Å². The maximum Gasteiger partial charge on any atom is 0.344 e. The van der Waals surface area contributed by atoms with Crippen LogP contribution in [0, 0.1) is 0 Å². The van der Waals surface area contributed by atoms with Crippen molar-refractivity contribution in [2.45, 2.75) is 32.8 Å². The fraction of sp³-hybridized carbons (Fsp3) is 0.318. The highest BCUT2D eigenvalue weighted by atomic mass is 16.6. The maximum absolute atomic E-state index is 12.0. The molecule has 3 aromatic rings. The number of carbonyl (C=O) groups excluding carboxylic acids is 1. The summed E-state index contributed by atoms with van der Waals surface area (Å²) in [6.45, 7) is 2.15. The van der Waals surface area contributed by atoms with Gasteiger partial charge in [-0.25, -0.2) is 4.79 Å². The third-order valence-corrected chi connectivity index (χ3v) is 4.68. The highest BCUT2D eigenvalue weighted by Gasteiger charge is 2.15. The lowest BCUT2D eigenvalue weighted by Crippen LogP contribution is -2.15. The molecular weight excluding hydrogens is 372 g/mol. The molecule has 29 heavy (non-hydrogen) atoms. The van der Waals surface area contributed by atoms with Crippen molar-refractivity contribution in [1.29, 1.82) is 0 Å². The second kappa shape index (κ2) is 8.77. The van der Waals surface area contributed by atoms with Crippen molar-refractivity contribution in [1.82, 2.24) is 10.1 Å². The number of aromatic nitrogens is 2. The Morgan fingerprint density at radius 2 is 1.97 bits per heavy atom. The summed E-state index contributed by atoms with van der Waals surface area (Å²) in [5, 5.41) is 3.95. The minimum absolute atomic E-state index is 0.115. The third-order valence-electron chi connectivity index (χ3n) is 4.68. The molecule has 7 heteroatoms. The minimum atomic E-state index is -0.500. The quantitative estimate of drug-likeness (QED) is 0.538. The molecular formula is C22H22N2O5. The Kier molecular flexibility index (Phi) is 5.74. The van der Waals surface area contributed by atoms with Gasteiger partial charge in [-0.3, -0.25) is 0 Å². The molecule has 0 amide bonds. The maximum atomic E-state index is 12.0. The average molecular weight is 394 g/mol. The molecule has 1 aromatic heterocycles. The number of ether oxygens (including phenoxy) is 3. The summed E-state index contributed by atoms with van der Waals surface area (Å²) < 4.78 is 21.5. The van der Waals surface area contributed by atoms with Crippen LogP contribution in [0.4, 0.5) is 0 Å². The first-order chi connectivity index (χ1) is 14.2. The second-order valence-electron chi connectivity index (χ2n) is 6.67. The van der Waals surface area contributed by atoms with Gasteiger partial charge in [0.25, 0.3) is 5.89 Å². The summed E-state index contributed by atoms with van der Waals surface area (Å²) in [5.41, 5.74) is 3.37. The summed E-state index contributed by atoms with van der Waals surface area (Å²) >= 11 is 0. The van der Waals surface area contributed by atoms with Crippen LogP contribution in [0.3, 0.4) is 0 Å². The molecule has 0 N–H and O–H groups in total. The van der Waals surface area contributed by atoms with Gasteiger partial charge in [0.15, 0.2) is 13.2 Å². The molecule has 0 unspecified atom stereocenters. The predicted molar refractivity (Wildman–Crippen MR) is 105 cm³/mol. The summed E-state index contributed by atoms with van der Waals surface area (Å²) in [7, 11) is 0. The number of carbonyl (C=O) groups is 1. The molecule has 1 aliphatic carbocycles. The molecule has 1 heterocycles. The van der Waals surface area contributed by atoms with E-state index in [0.717, 1.165) is 18.4 Å². The van der Waals surface area contributed by atoms with E-state index in [-0.39, 0.29) is 19.1 Å². The van der Waals surface area contributed by atoms with Crippen molar-refractivity contribution >= 4 is 5.97 Å². The van der Waals surface area contributed by atoms with Crippen LogP contribution in [-0.2, 0) is 29.0 Å². The lowest BCUT2D eigenvalue weighted by molar-refractivity contribution is -0.148. The fourth-order valence-corrected chi connectivity index (χ4v) is 3.32. The van der Waals surface area contributed by atoms with Gasteiger partial charge in [-0.1, -0.05) is 23.4 Å². The SMILES string of the molecule is CCOc1ccccc1-c1noc(COC(=O)COc2ccc3c(c2)CCC3)n1. The molecule has 0 aliphatic heterocycles. The van der Waals surface area contributed by atoms with Gasteiger partial charge in [-0.2, -0.15) is 4.98 Å². The first kappa shape index (κ1) is 19.0. The normalized spacial score (nSPS) is 12.4. The number of nitrogens with zero attached hydrogens (tertiary/aromatic N) is 2. The van der Waals surface area contributed by atoms with Gasteiger partial charge in [0, 0.05) is 0 Å². The van der Waals surface area contributed by atoms with E-state index >= 15 is 0 Å². The predicted octanol–water partition coefficient (Wildman–Crippen LogP) is 3.75. The zero-order chi connectivity index (χ0) is 20.1. The van der Waals surface area contributed by atoms with Crippen LogP contribution in [0.2, 0.25) is 0 Å². The van der Waals surface area contributed by atoms with Crippen LogP contribution in [0.1, 0.15) is 30.4 Å². The number of hydrogen-bond donors (Lipinski definition) is 0. The lowest BCUT2D eigenvalue weighted by atomic mass is 10.1. The third kappa shape index (κ3) is 4.56. The van der Waals surface area contributed by atoms with Crippen molar-refractivity contribution in [3.63, 3.8) is 0 Å². The van der Waals surface area contributed by atoms with E-state index in [1.807, 2.05) is 43.3 Å². The van der Waals surface area contributed by atoms with E-state index in [2.05, 4.69) is 16.2 Å². The van der Waals surface area contributed by atoms with Crippen molar-refractivity contribution in [2.75, 3.05) is 13.2 Å². The largest absolute Gasteiger partial charge is 0.493 e. The molecule has 0 fully saturated rings. The van der Waals surface area contributed by atoms with E-state index in [1.54, 1.807) is 0 Å². The molecule has 0 saturated heterocycles. The molecule has 0 spiro atoms. The van der Waals surface area contributed by atoms with Crippen LogP contribution < -0.4 is 9.47 Å². The summed E-state index contributed by atoms with van der Waals surface area (Å²) in [5.74, 6) is 1.43. The number of esters is 1. The minimum Gasteiger partial charge on any atom is -0.493 e. The van der Waals surface area contributed by atoms with Gasteiger partial charge in [-0.15, -0.1) is 0 Å². The Labute approximate surface area is 168 Å². The van der Waals surface area contributed by atoms with Gasteiger partial charge < -0.3 is 18.7 Å².